The molecule has 0 aliphatic carbocycles. The quantitative estimate of drug-likeness (QED) is 0.165. The van der Waals surface area contributed by atoms with Crippen molar-refractivity contribution in [3.63, 3.8) is 0 Å². The molecule has 0 fully saturated rings. The molecule has 0 aliphatic heterocycles. The Hall–Kier alpha value is -7.44. The lowest BCUT2D eigenvalue weighted by molar-refractivity contribution is 0.584. The van der Waals surface area contributed by atoms with E-state index in [1.807, 2.05) is 60.7 Å². The number of aromatic nitrogens is 4. The van der Waals surface area contributed by atoms with E-state index in [1.165, 1.54) is 5.39 Å². The van der Waals surface area contributed by atoms with E-state index in [9.17, 15) is 0 Å². The number of fused-ring (bicyclic) bond motifs is 2. The summed E-state index contributed by atoms with van der Waals surface area (Å²) in [5.41, 5.74) is 9.79. The van der Waals surface area contributed by atoms with E-state index in [1.54, 1.807) is 0 Å². The second-order valence-electron chi connectivity index (χ2n) is 13.2. The molecule has 0 amide bonds. The highest BCUT2D eigenvalue weighted by Gasteiger charge is 2.20. The predicted octanol–water partition coefficient (Wildman–Crippen LogP) is 12.4. The first kappa shape index (κ1) is 31.3. The van der Waals surface area contributed by atoms with Crippen molar-refractivity contribution in [2.45, 2.75) is 0 Å². The molecule has 0 unspecified atom stereocenters. The molecule has 0 bridgehead atoms. The average Bonchev–Trinajstić information content (AvgIpc) is 3.96. The van der Waals surface area contributed by atoms with Gasteiger partial charge in [0.1, 0.15) is 0 Å². The Morgan fingerprint density at radius 1 is 0.259 bits per heavy atom. The molecule has 0 atom stereocenters. The van der Waals surface area contributed by atoms with Crippen molar-refractivity contribution >= 4 is 21.5 Å². The summed E-state index contributed by atoms with van der Waals surface area (Å²) in [5.74, 6) is 1.87. The molecule has 0 N–H and O–H groups in total. The number of hydrogen-bond donors (Lipinski definition) is 0. The van der Waals surface area contributed by atoms with Crippen molar-refractivity contribution in [1.29, 1.82) is 0 Å². The van der Waals surface area contributed by atoms with Crippen molar-refractivity contribution < 1.29 is 8.83 Å². The number of hydrogen-bond acceptors (Lipinski definition) is 6. The Morgan fingerprint density at radius 2 is 0.741 bits per heavy atom. The largest absolute Gasteiger partial charge is 0.416 e. The topological polar surface area (TPSA) is 77.8 Å². The van der Waals surface area contributed by atoms with E-state index in [4.69, 9.17) is 8.83 Å². The molecule has 2 heterocycles. The van der Waals surface area contributed by atoms with Crippen LogP contribution in [-0.2, 0) is 0 Å². The normalized spacial score (nSPS) is 11.3. The van der Waals surface area contributed by atoms with Gasteiger partial charge in [-0.15, -0.1) is 20.4 Å². The van der Waals surface area contributed by atoms with Gasteiger partial charge in [-0.05, 0) is 110 Å². The first-order valence-electron chi connectivity index (χ1n) is 17.8. The van der Waals surface area contributed by atoms with Gasteiger partial charge in [0.2, 0.25) is 23.6 Å². The van der Waals surface area contributed by atoms with Crippen LogP contribution in [0.5, 0.6) is 0 Å². The summed E-state index contributed by atoms with van der Waals surface area (Å²) in [4.78, 5) is 0. The lowest BCUT2D eigenvalue weighted by Gasteiger charge is -2.18. The monoisotopic (exact) mass is 694 g/mol. The summed E-state index contributed by atoms with van der Waals surface area (Å²) in [6.07, 6.45) is 0. The predicted molar refractivity (Wildman–Crippen MR) is 215 cm³/mol. The molecule has 0 saturated carbocycles. The molecule has 2 aromatic heterocycles. The van der Waals surface area contributed by atoms with Crippen molar-refractivity contribution in [2.24, 2.45) is 0 Å². The summed E-state index contributed by atoms with van der Waals surface area (Å²) >= 11 is 0. The van der Waals surface area contributed by atoms with E-state index in [-0.39, 0.29) is 0 Å². The Labute approximate surface area is 311 Å². The smallest absolute Gasteiger partial charge is 0.248 e. The van der Waals surface area contributed by atoms with Crippen molar-refractivity contribution in [1.82, 2.24) is 20.4 Å². The average molecular weight is 695 g/mol. The maximum atomic E-state index is 6.27. The van der Waals surface area contributed by atoms with Gasteiger partial charge in [0, 0.05) is 22.3 Å². The molecule has 0 radical (unpaired) electrons. The third-order valence-corrected chi connectivity index (χ3v) is 9.85. The highest BCUT2D eigenvalue weighted by atomic mass is 16.4. The summed E-state index contributed by atoms with van der Waals surface area (Å²) in [5, 5.41) is 22.4. The van der Waals surface area contributed by atoms with Crippen LogP contribution in [0.4, 0.5) is 0 Å². The minimum absolute atomic E-state index is 0.456. The van der Waals surface area contributed by atoms with E-state index in [0.717, 1.165) is 71.8 Å². The molecule has 8 aromatic carbocycles. The van der Waals surface area contributed by atoms with Gasteiger partial charge in [0.15, 0.2) is 0 Å². The second kappa shape index (κ2) is 13.3. The molecular formula is C48H30N4O2. The molecular weight excluding hydrogens is 665 g/mol. The first-order valence-corrected chi connectivity index (χ1v) is 17.8. The van der Waals surface area contributed by atoms with Crippen molar-refractivity contribution in [3.8, 4) is 79.2 Å². The Kier molecular flexibility index (Phi) is 7.69. The lowest BCUT2D eigenvalue weighted by atomic mass is 9.86. The fourth-order valence-electron chi connectivity index (χ4n) is 7.18. The SMILES string of the molecule is c1ccc(-c2nnc(-c3ccc(-c4ccc(-c5nnc(-c6ccccc6)o5)cc4-c4cccc5ccccc45)c(-c4ccc5ccccc5c4)c3)o2)cc1. The van der Waals surface area contributed by atoms with Crippen LogP contribution in [0.3, 0.4) is 0 Å². The van der Waals surface area contributed by atoms with Gasteiger partial charge < -0.3 is 8.83 Å². The van der Waals surface area contributed by atoms with E-state index < -0.39 is 0 Å². The molecule has 0 aliphatic rings. The van der Waals surface area contributed by atoms with Gasteiger partial charge in [0.05, 0.1) is 0 Å². The van der Waals surface area contributed by atoms with Crippen LogP contribution in [0.25, 0.3) is 101 Å². The third kappa shape index (κ3) is 5.72. The maximum absolute atomic E-state index is 6.27. The Bertz CT molecular complexity index is 2940. The summed E-state index contributed by atoms with van der Waals surface area (Å²) in [7, 11) is 0. The van der Waals surface area contributed by atoms with Gasteiger partial charge in [-0.25, -0.2) is 0 Å². The number of rotatable bonds is 7. The highest BCUT2D eigenvalue weighted by Crippen LogP contribution is 2.44. The van der Waals surface area contributed by atoms with Crippen molar-refractivity contribution in [2.75, 3.05) is 0 Å². The molecule has 54 heavy (non-hydrogen) atoms. The van der Waals surface area contributed by atoms with Crippen molar-refractivity contribution in [3.05, 3.63) is 182 Å². The van der Waals surface area contributed by atoms with Gasteiger partial charge >= 0.3 is 0 Å². The van der Waals surface area contributed by atoms with Gasteiger partial charge in [-0.3, -0.25) is 0 Å². The zero-order valence-corrected chi connectivity index (χ0v) is 28.9. The highest BCUT2D eigenvalue weighted by molar-refractivity contribution is 6.03. The molecule has 0 spiro atoms. The Balaban J connectivity index is 1.18. The molecule has 10 aromatic rings. The van der Waals surface area contributed by atoms with Crippen LogP contribution in [0.15, 0.2) is 191 Å². The van der Waals surface area contributed by atoms with Crippen LogP contribution < -0.4 is 0 Å². The molecule has 0 saturated heterocycles. The van der Waals surface area contributed by atoms with E-state index >= 15 is 0 Å². The van der Waals surface area contributed by atoms with Crippen LogP contribution in [-0.4, -0.2) is 20.4 Å². The van der Waals surface area contributed by atoms with Gasteiger partial charge in [-0.2, -0.15) is 0 Å². The molecule has 6 heteroatoms. The summed E-state index contributed by atoms with van der Waals surface area (Å²) < 4.78 is 12.5. The molecule has 254 valence electrons. The molecule has 10 rings (SSSR count). The van der Waals surface area contributed by atoms with Crippen LogP contribution in [0.2, 0.25) is 0 Å². The van der Waals surface area contributed by atoms with Gasteiger partial charge in [0.25, 0.3) is 0 Å². The summed E-state index contributed by atoms with van der Waals surface area (Å²) in [6, 6.07) is 62.4. The number of benzene rings is 8. The van der Waals surface area contributed by atoms with E-state index in [0.29, 0.717) is 23.6 Å². The summed E-state index contributed by atoms with van der Waals surface area (Å²) in [6.45, 7) is 0. The van der Waals surface area contributed by atoms with Crippen LogP contribution in [0, 0.1) is 0 Å². The fourth-order valence-corrected chi connectivity index (χ4v) is 7.18. The van der Waals surface area contributed by atoms with E-state index in [2.05, 4.69) is 142 Å². The zero-order valence-electron chi connectivity index (χ0n) is 28.9. The molecule has 6 nitrogen and oxygen atoms in total. The van der Waals surface area contributed by atoms with Crippen LogP contribution in [0.1, 0.15) is 0 Å². The minimum Gasteiger partial charge on any atom is -0.416 e. The zero-order chi connectivity index (χ0) is 35.8. The van der Waals surface area contributed by atoms with Crippen LogP contribution >= 0.6 is 0 Å². The first-order chi connectivity index (χ1) is 26.7. The fraction of sp³-hybridized carbons (Fsp3) is 0. The second-order valence-corrected chi connectivity index (χ2v) is 13.2. The van der Waals surface area contributed by atoms with Gasteiger partial charge in [-0.1, -0.05) is 127 Å². The number of nitrogens with zero attached hydrogens (tertiary/aromatic N) is 4. The Morgan fingerprint density at radius 3 is 1.39 bits per heavy atom. The third-order valence-electron chi connectivity index (χ3n) is 9.85. The lowest BCUT2D eigenvalue weighted by Crippen LogP contribution is -1.93. The minimum atomic E-state index is 0.456. The maximum Gasteiger partial charge on any atom is 0.248 e. The standard InChI is InChI=1S/C48H30N4O2/c1-3-14-33(15-4-1)45-49-51-47(53-45)37-24-26-41(43(29-37)36-23-22-31-12-7-8-18-35(31)28-36)42-27-25-38(48-52-50-46(54-48)34-16-5-2-6-17-34)30-44(42)40-21-11-19-32-13-9-10-20-39(32)40/h1-30H.